The molecule has 0 aliphatic carbocycles. The van der Waals surface area contributed by atoms with Crippen LogP contribution in [0.4, 0.5) is 0 Å². The molecule has 0 bridgehead atoms. The van der Waals surface area contributed by atoms with Gasteiger partial charge in [0.05, 0.1) is 12.0 Å². The lowest BCUT2D eigenvalue weighted by Gasteiger charge is -1.96. The predicted molar refractivity (Wildman–Crippen MR) is 57.9 cm³/mol. The Labute approximate surface area is 83.3 Å². The molecule has 2 aromatic heterocycles. The number of fused-ring (bicyclic) bond motifs is 1. The van der Waals surface area contributed by atoms with Crippen LogP contribution in [0.25, 0.3) is 17.0 Å². The average Bonchev–Trinajstić information content (AvgIpc) is 2.62. The Balaban J connectivity index is 2.46. The van der Waals surface area contributed by atoms with Crippen LogP contribution in [0, 0.1) is 5.92 Å². The SMILES string of the molecule is CC(C)C=Cc1nccc2occc12. The van der Waals surface area contributed by atoms with Crippen LogP contribution in [0.3, 0.4) is 0 Å². The normalized spacial score (nSPS) is 11.9. The van der Waals surface area contributed by atoms with Crippen molar-refractivity contribution in [2.75, 3.05) is 0 Å². The minimum Gasteiger partial charge on any atom is -0.464 e. The molecule has 0 aliphatic heterocycles. The Morgan fingerprint density at radius 1 is 1.36 bits per heavy atom. The van der Waals surface area contributed by atoms with Crippen molar-refractivity contribution in [2.45, 2.75) is 13.8 Å². The van der Waals surface area contributed by atoms with Crippen LogP contribution in [-0.4, -0.2) is 4.98 Å². The molecule has 0 saturated heterocycles. The molecule has 0 fully saturated rings. The highest BCUT2D eigenvalue weighted by Gasteiger charge is 2.00. The number of aromatic nitrogens is 1. The first-order valence-corrected chi connectivity index (χ1v) is 4.78. The second-order valence-corrected chi connectivity index (χ2v) is 3.63. The summed E-state index contributed by atoms with van der Waals surface area (Å²) in [6, 6.07) is 3.82. The number of hydrogen-bond acceptors (Lipinski definition) is 2. The van der Waals surface area contributed by atoms with Crippen LogP contribution in [0.15, 0.2) is 35.1 Å². The third-order valence-electron chi connectivity index (χ3n) is 2.05. The second kappa shape index (κ2) is 3.66. The summed E-state index contributed by atoms with van der Waals surface area (Å²) in [7, 11) is 0. The standard InChI is InChI=1S/C12H13NO/c1-9(2)3-4-11-10-6-8-14-12(10)5-7-13-11/h3-9H,1-2H3. The minimum absolute atomic E-state index is 0.541. The Morgan fingerprint density at radius 3 is 3.00 bits per heavy atom. The summed E-state index contributed by atoms with van der Waals surface area (Å²) in [6.07, 6.45) is 7.64. The summed E-state index contributed by atoms with van der Waals surface area (Å²) < 4.78 is 5.29. The van der Waals surface area contributed by atoms with E-state index in [4.69, 9.17) is 4.42 Å². The maximum absolute atomic E-state index is 5.29. The molecule has 0 unspecified atom stereocenters. The van der Waals surface area contributed by atoms with Gasteiger partial charge in [0.1, 0.15) is 5.58 Å². The molecule has 2 rings (SSSR count). The topological polar surface area (TPSA) is 26.0 Å². The molecular formula is C12H13NO. The first-order chi connectivity index (χ1) is 6.77. The van der Waals surface area contributed by atoms with Crippen molar-refractivity contribution in [3.05, 3.63) is 36.4 Å². The van der Waals surface area contributed by atoms with Gasteiger partial charge in [0.15, 0.2) is 0 Å². The lowest BCUT2D eigenvalue weighted by Crippen LogP contribution is -1.82. The van der Waals surface area contributed by atoms with Gasteiger partial charge < -0.3 is 4.42 Å². The third-order valence-corrected chi connectivity index (χ3v) is 2.05. The largest absolute Gasteiger partial charge is 0.464 e. The predicted octanol–water partition coefficient (Wildman–Crippen LogP) is 3.50. The number of allylic oxidation sites excluding steroid dienone is 1. The molecule has 72 valence electrons. The smallest absolute Gasteiger partial charge is 0.137 e. The van der Waals surface area contributed by atoms with Crippen LogP contribution < -0.4 is 0 Å². The summed E-state index contributed by atoms with van der Waals surface area (Å²) in [5.74, 6) is 0.541. The first kappa shape index (κ1) is 9.00. The third kappa shape index (κ3) is 1.69. The molecule has 2 heteroatoms. The second-order valence-electron chi connectivity index (χ2n) is 3.63. The molecule has 0 atom stereocenters. The van der Waals surface area contributed by atoms with Crippen molar-refractivity contribution in [1.29, 1.82) is 0 Å². The fourth-order valence-electron chi connectivity index (χ4n) is 1.33. The Bertz CT molecular complexity index is 454. The van der Waals surface area contributed by atoms with E-state index in [1.54, 1.807) is 12.5 Å². The van der Waals surface area contributed by atoms with E-state index < -0.39 is 0 Å². The van der Waals surface area contributed by atoms with Gasteiger partial charge in [-0.2, -0.15) is 0 Å². The number of nitrogens with zero attached hydrogens (tertiary/aromatic N) is 1. The van der Waals surface area contributed by atoms with E-state index in [-0.39, 0.29) is 0 Å². The van der Waals surface area contributed by atoms with Gasteiger partial charge in [-0.15, -0.1) is 0 Å². The van der Waals surface area contributed by atoms with Crippen molar-refractivity contribution in [2.24, 2.45) is 5.92 Å². The maximum atomic E-state index is 5.29. The van der Waals surface area contributed by atoms with Crippen molar-refractivity contribution < 1.29 is 4.42 Å². The zero-order chi connectivity index (χ0) is 9.97. The van der Waals surface area contributed by atoms with E-state index >= 15 is 0 Å². The van der Waals surface area contributed by atoms with Gasteiger partial charge in [-0.3, -0.25) is 4.98 Å². The molecule has 0 radical (unpaired) electrons. The van der Waals surface area contributed by atoms with Gasteiger partial charge in [0.2, 0.25) is 0 Å². The van der Waals surface area contributed by atoms with Crippen molar-refractivity contribution in [3.63, 3.8) is 0 Å². The molecule has 0 saturated carbocycles. The molecular weight excluding hydrogens is 174 g/mol. The van der Waals surface area contributed by atoms with E-state index in [0.717, 1.165) is 16.7 Å². The molecule has 0 aromatic carbocycles. The van der Waals surface area contributed by atoms with Gasteiger partial charge in [-0.05, 0) is 24.1 Å². The quantitative estimate of drug-likeness (QED) is 0.719. The van der Waals surface area contributed by atoms with Crippen LogP contribution in [0.1, 0.15) is 19.5 Å². The fourth-order valence-corrected chi connectivity index (χ4v) is 1.33. The molecule has 2 nitrogen and oxygen atoms in total. The highest BCUT2D eigenvalue weighted by Crippen LogP contribution is 2.19. The highest BCUT2D eigenvalue weighted by molar-refractivity contribution is 5.84. The summed E-state index contributed by atoms with van der Waals surface area (Å²) in [6.45, 7) is 4.29. The lowest BCUT2D eigenvalue weighted by atomic mass is 10.1. The number of rotatable bonds is 2. The van der Waals surface area contributed by atoms with Crippen LogP contribution in [-0.2, 0) is 0 Å². The van der Waals surface area contributed by atoms with Gasteiger partial charge in [0, 0.05) is 11.6 Å². The summed E-state index contributed by atoms with van der Waals surface area (Å²) in [5.41, 5.74) is 1.87. The molecule has 0 amide bonds. The molecule has 0 N–H and O–H groups in total. The van der Waals surface area contributed by atoms with E-state index in [9.17, 15) is 0 Å². The summed E-state index contributed by atoms with van der Waals surface area (Å²) in [5, 5.41) is 1.07. The van der Waals surface area contributed by atoms with Crippen LogP contribution in [0.2, 0.25) is 0 Å². The minimum atomic E-state index is 0.541. The lowest BCUT2D eigenvalue weighted by molar-refractivity contribution is 0.615. The molecule has 0 aliphatic rings. The Morgan fingerprint density at radius 2 is 2.21 bits per heavy atom. The number of pyridine rings is 1. The monoisotopic (exact) mass is 187 g/mol. The van der Waals surface area contributed by atoms with Crippen LogP contribution >= 0.6 is 0 Å². The van der Waals surface area contributed by atoms with E-state index in [1.807, 2.05) is 18.2 Å². The van der Waals surface area contributed by atoms with Gasteiger partial charge in [-0.25, -0.2) is 0 Å². The van der Waals surface area contributed by atoms with E-state index in [2.05, 4.69) is 24.9 Å². The average molecular weight is 187 g/mol. The van der Waals surface area contributed by atoms with Crippen molar-refractivity contribution >= 4 is 17.0 Å². The molecule has 2 heterocycles. The van der Waals surface area contributed by atoms with Crippen LogP contribution in [0.5, 0.6) is 0 Å². The molecule has 14 heavy (non-hydrogen) atoms. The highest BCUT2D eigenvalue weighted by atomic mass is 16.3. The summed E-state index contributed by atoms with van der Waals surface area (Å²) in [4.78, 5) is 4.30. The van der Waals surface area contributed by atoms with Crippen molar-refractivity contribution in [1.82, 2.24) is 4.98 Å². The number of furan rings is 1. The maximum Gasteiger partial charge on any atom is 0.137 e. The van der Waals surface area contributed by atoms with E-state index in [0.29, 0.717) is 5.92 Å². The molecule has 0 spiro atoms. The van der Waals surface area contributed by atoms with Gasteiger partial charge >= 0.3 is 0 Å². The van der Waals surface area contributed by atoms with E-state index in [1.165, 1.54) is 0 Å². The fraction of sp³-hybridized carbons (Fsp3) is 0.250. The zero-order valence-electron chi connectivity index (χ0n) is 8.40. The van der Waals surface area contributed by atoms with Gasteiger partial charge in [0.25, 0.3) is 0 Å². The molecule has 2 aromatic rings. The summed E-state index contributed by atoms with van der Waals surface area (Å²) >= 11 is 0. The van der Waals surface area contributed by atoms with Gasteiger partial charge in [-0.1, -0.05) is 19.9 Å². The first-order valence-electron chi connectivity index (χ1n) is 4.78. The Kier molecular flexibility index (Phi) is 2.35. The zero-order valence-corrected chi connectivity index (χ0v) is 8.40. The Hall–Kier alpha value is -1.57. The van der Waals surface area contributed by atoms with Crippen molar-refractivity contribution in [3.8, 4) is 0 Å². The number of hydrogen-bond donors (Lipinski definition) is 0.